The fourth-order valence-electron chi connectivity index (χ4n) is 1.55. The monoisotopic (exact) mass is 284 g/mol. The molecule has 19 heavy (non-hydrogen) atoms. The van der Waals surface area contributed by atoms with Crippen LogP contribution in [0.1, 0.15) is 11.1 Å². The van der Waals surface area contributed by atoms with Gasteiger partial charge in [0.05, 0.1) is 6.61 Å². The average molecular weight is 285 g/mol. The van der Waals surface area contributed by atoms with Gasteiger partial charge in [-0.25, -0.2) is 8.78 Å². The van der Waals surface area contributed by atoms with E-state index in [-0.39, 0.29) is 24.5 Å². The van der Waals surface area contributed by atoms with Gasteiger partial charge in [-0.3, -0.25) is 0 Å². The SMILES string of the molecule is OCc1ccc(OCc2ccc(Cl)cc2F)c(F)c1. The molecule has 0 heterocycles. The molecule has 0 saturated heterocycles. The molecule has 2 rings (SSSR count). The van der Waals surface area contributed by atoms with Gasteiger partial charge in [0.1, 0.15) is 12.4 Å². The van der Waals surface area contributed by atoms with E-state index in [2.05, 4.69) is 0 Å². The molecule has 0 aliphatic heterocycles. The van der Waals surface area contributed by atoms with Gasteiger partial charge in [-0.05, 0) is 29.8 Å². The van der Waals surface area contributed by atoms with Crippen LogP contribution < -0.4 is 4.74 Å². The zero-order valence-corrected chi connectivity index (χ0v) is 10.6. The van der Waals surface area contributed by atoms with Crippen molar-refractivity contribution in [1.82, 2.24) is 0 Å². The number of rotatable bonds is 4. The zero-order valence-electron chi connectivity index (χ0n) is 9.87. The van der Waals surface area contributed by atoms with Crippen molar-refractivity contribution in [1.29, 1.82) is 0 Å². The molecule has 2 nitrogen and oxygen atoms in total. The normalized spacial score (nSPS) is 10.5. The van der Waals surface area contributed by atoms with Gasteiger partial charge in [-0.15, -0.1) is 0 Å². The van der Waals surface area contributed by atoms with Crippen molar-refractivity contribution in [2.24, 2.45) is 0 Å². The Morgan fingerprint density at radius 2 is 1.84 bits per heavy atom. The van der Waals surface area contributed by atoms with E-state index in [9.17, 15) is 8.78 Å². The third-order valence-electron chi connectivity index (χ3n) is 2.58. The second-order valence-electron chi connectivity index (χ2n) is 3.95. The molecule has 0 aliphatic carbocycles. The predicted octanol–water partition coefficient (Wildman–Crippen LogP) is 3.69. The van der Waals surface area contributed by atoms with Crippen LogP contribution in [0.4, 0.5) is 8.78 Å². The molecule has 0 radical (unpaired) electrons. The maximum Gasteiger partial charge on any atom is 0.165 e. The average Bonchev–Trinajstić information content (AvgIpc) is 2.39. The molecule has 0 amide bonds. The van der Waals surface area contributed by atoms with Crippen molar-refractivity contribution < 1.29 is 18.6 Å². The molecule has 0 atom stereocenters. The Hall–Kier alpha value is -1.65. The summed E-state index contributed by atoms with van der Waals surface area (Å²) in [5.41, 5.74) is 0.734. The molecule has 1 N–H and O–H groups in total. The number of hydrogen-bond donors (Lipinski definition) is 1. The Morgan fingerprint density at radius 1 is 1.05 bits per heavy atom. The minimum atomic E-state index is -0.596. The van der Waals surface area contributed by atoms with E-state index in [4.69, 9.17) is 21.4 Å². The van der Waals surface area contributed by atoms with Crippen molar-refractivity contribution in [2.75, 3.05) is 0 Å². The van der Waals surface area contributed by atoms with Crippen LogP contribution in [0.5, 0.6) is 5.75 Å². The number of benzene rings is 2. The highest BCUT2D eigenvalue weighted by molar-refractivity contribution is 6.30. The second-order valence-corrected chi connectivity index (χ2v) is 4.38. The lowest BCUT2D eigenvalue weighted by Gasteiger charge is -2.09. The topological polar surface area (TPSA) is 29.5 Å². The quantitative estimate of drug-likeness (QED) is 0.928. The molecule has 2 aromatic rings. The molecule has 100 valence electrons. The predicted molar refractivity (Wildman–Crippen MR) is 68.1 cm³/mol. The Balaban J connectivity index is 2.10. The van der Waals surface area contributed by atoms with E-state index in [1.54, 1.807) is 0 Å². The summed E-state index contributed by atoms with van der Waals surface area (Å²) in [6.07, 6.45) is 0. The summed E-state index contributed by atoms with van der Waals surface area (Å²) in [4.78, 5) is 0. The molecule has 0 spiro atoms. The summed E-state index contributed by atoms with van der Waals surface area (Å²) in [5, 5.41) is 9.15. The summed E-state index contributed by atoms with van der Waals surface area (Å²) in [6.45, 7) is -0.346. The molecule has 0 unspecified atom stereocenters. The van der Waals surface area contributed by atoms with E-state index in [0.29, 0.717) is 10.6 Å². The molecular formula is C14H11ClF2O2. The Morgan fingerprint density at radius 3 is 2.47 bits per heavy atom. The van der Waals surface area contributed by atoms with Crippen LogP contribution in [0.2, 0.25) is 5.02 Å². The van der Waals surface area contributed by atoms with Crippen LogP contribution in [-0.4, -0.2) is 5.11 Å². The van der Waals surface area contributed by atoms with E-state index in [1.165, 1.54) is 36.4 Å². The molecule has 0 saturated carbocycles. The van der Waals surface area contributed by atoms with Gasteiger partial charge in [0.2, 0.25) is 0 Å². The van der Waals surface area contributed by atoms with E-state index >= 15 is 0 Å². The highest BCUT2D eigenvalue weighted by Crippen LogP contribution is 2.21. The van der Waals surface area contributed by atoms with E-state index in [0.717, 1.165) is 0 Å². The number of aliphatic hydroxyl groups is 1. The Bertz CT molecular complexity index is 588. The first-order chi connectivity index (χ1) is 9.10. The van der Waals surface area contributed by atoms with Gasteiger partial charge in [0.15, 0.2) is 11.6 Å². The molecule has 0 aliphatic rings. The molecular weight excluding hydrogens is 274 g/mol. The van der Waals surface area contributed by atoms with Crippen molar-refractivity contribution in [3.05, 3.63) is 64.2 Å². The third kappa shape index (κ3) is 3.43. The smallest absolute Gasteiger partial charge is 0.165 e. The third-order valence-corrected chi connectivity index (χ3v) is 2.81. The number of aliphatic hydroxyl groups excluding tert-OH is 1. The second kappa shape index (κ2) is 5.99. The number of halogens is 3. The molecule has 0 bridgehead atoms. The summed E-state index contributed by atoms with van der Waals surface area (Å²) >= 11 is 5.63. The molecule has 0 aromatic heterocycles. The van der Waals surface area contributed by atoms with Crippen LogP contribution in [0.3, 0.4) is 0 Å². The maximum absolute atomic E-state index is 13.6. The van der Waals surface area contributed by atoms with Crippen LogP contribution in [0, 0.1) is 11.6 Å². The van der Waals surface area contributed by atoms with Gasteiger partial charge >= 0.3 is 0 Å². The highest BCUT2D eigenvalue weighted by atomic mass is 35.5. The first-order valence-electron chi connectivity index (χ1n) is 5.56. The van der Waals surface area contributed by atoms with E-state index < -0.39 is 11.6 Å². The van der Waals surface area contributed by atoms with Gasteiger partial charge in [-0.2, -0.15) is 0 Å². The number of hydrogen-bond acceptors (Lipinski definition) is 2. The summed E-state index contributed by atoms with van der Waals surface area (Å²) in [5.74, 6) is -1.09. The maximum atomic E-state index is 13.6. The van der Waals surface area contributed by atoms with Gasteiger partial charge < -0.3 is 9.84 Å². The highest BCUT2D eigenvalue weighted by Gasteiger charge is 2.07. The lowest BCUT2D eigenvalue weighted by Crippen LogP contribution is -2.00. The van der Waals surface area contributed by atoms with Crippen LogP contribution >= 0.6 is 11.6 Å². The van der Waals surface area contributed by atoms with Gasteiger partial charge in [0.25, 0.3) is 0 Å². The number of ether oxygens (including phenoxy) is 1. The minimum Gasteiger partial charge on any atom is -0.486 e. The largest absolute Gasteiger partial charge is 0.486 e. The Kier molecular flexibility index (Phi) is 4.35. The molecule has 5 heteroatoms. The molecule has 0 fully saturated rings. The minimum absolute atomic E-state index is 0.00606. The van der Waals surface area contributed by atoms with Crippen LogP contribution in [0.25, 0.3) is 0 Å². The first-order valence-corrected chi connectivity index (χ1v) is 5.94. The lowest BCUT2D eigenvalue weighted by molar-refractivity contribution is 0.275. The first kappa shape index (κ1) is 13.8. The van der Waals surface area contributed by atoms with Gasteiger partial charge in [0, 0.05) is 10.6 Å². The summed E-state index contributed by atoms with van der Waals surface area (Å²) < 4.78 is 32.2. The zero-order chi connectivity index (χ0) is 13.8. The van der Waals surface area contributed by atoms with Gasteiger partial charge in [-0.1, -0.05) is 23.7 Å². The molecule has 2 aromatic carbocycles. The fourth-order valence-corrected chi connectivity index (χ4v) is 1.71. The van der Waals surface area contributed by atoms with E-state index in [1.807, 2.05) is 0 Å². The summed E-state index contributed by atoms with van der Waals surface area (Å²) in [7, 11) is 0. The lowest BCUT2D eigenvalue weighted by atomic mass is 10.2. The fraction of sp³-hybridized carbons (Fsp3) is 0.143. The standard InChI is InChI=1S/C14H11ClF2O2/c15-11-3-2-10(12(16)6-11)8-19-14-4-1-9(7-18)5-13(14)17/h1-6,18H,7-8H2. The van der Waals surface area contributed by atoms with Crippen molar-refractivity contribution >= 4 is 11.6 Å². The summed E-state index contributed by atoms with van der Waals surface area (Å²) in [6, 6.07) is 8.30. The van der Waals surface area contributed by atoms with Crippen molar-refractivity contribution in [2.45, 2.75) is 13.2 Å². The van der Waals surface area contributed by atoms with Crippen molar-refractivity contribution in [3.63, 3.8) is 0 Å². The van der Waals surface area contributed by atoms with Crippen molar-refractivity contribution in [3.8, 4) is 5.75 Å². The van der Waals surface area contributed by atoms with Crippen LogP contribution in [-0.2, 0) is 13.2 Å². The Labute approximate surface area is 114 Å². The van der Waals surface area contributed by atoms with Crippen LogP contribution in [0.15, 0.2) is 36.4 Å².